The van der Waals surface area contributed by atoms with Crippen LogP contribution in [0.3, 0.4) is 0 Å². The van der Waals surface area contributed by atoms with Gasteiger partial charge < -0.3 is 19.4 Å². The van der Waals surface area contributed by atoms with Crippen LogP contribution < -0.4 is 15.6 Å². The monoisotopic (exact) mass is 295 g/mol. The SMILES string of the molecule is CC(C)Cn1ccnc(OCC2CNCC(C)(C)O2)c1=O. The molecule has 0 bridgehead atoms. The van der Waals surface area contributed by atoms with Crippen molar-refractivity contribution in [3.05, 3.63) is 22.7 Å². The number of aromatic nitrogens is 2. The molecule has 1 N–H and O–H groups in total. The minimum Gasteiger partial charge on any atom is -0.471 e. The molecule has 118 valence electrons. The summed E-state index contributed by atoms with van der Waals surface area (Å²) < 4.78 is 13.1. The van der Waals surface area contributed by atoms with Crippen LogP contribution >= 0.6 is 0 Å². The van der Waals surface area contributed by atoms with Gasteiger partial charge in [-0.3, -0.25) is 4.79 Å². The predicted octanol–water partition coefficient (Wildman–Crippen LogP) is 1.05. The first kappa shape index (κ1) is 16.0. The molecule has 0 saturated carbocycles. The Morgan fingerprint density at radius 1 is 1.57 bits per heavy atom. The maximum atomic E-state index is 12.2. The summed E-state index contributed by atoms with van der Waals surface area (Å²) in [6.07, 6.45) is 3.22. The number of rotatable bonds is 5. The lowest BCUT2D eigenvalue weighted by molar-refractivity contribution is -0.107. The fourth-order valence-corrected chi connectivity index (χ4v) is 2.40. The standard InChI is InChI=1S/C15H25N3O3/c1-11(2)8-18-6-5-17-13(14(18)19)20-9-12-7-16-10-15(3,4)21-12/h5-6,11-12,16H,7-10H2,1-4H3. The molecular weight excluding hydrogens is 270 g/mol. The highest BCUT2D eigenvalue weighted by Crippen LogP contribution is 2.15. The zero-order valence-electron chi connectivity index (χ0n) is 13.3. The van der Waals surface area contributed by atoms with Crippen LogP contribution in [0.15, 0.2) is 17.2 Å². The van der Waals surface area contributed by atoms with E-state index < -0.39 is 0 Å². The van der Waals surface area contributed by atoms with Crippen LogP contribution in [-0.4, -0.2) is 41.0 Å². The van der Waals surface area contributed by atoms with Gasteiger partial charge >= 0.3 is 5.56 Å². The third-order valence-electron chi connectivity index (χ3n) is 3.26. The van der Waals surface area contributed by atoms with Crippen LogP contribution in [0.1, 0.15) is 27.7 Å². The van der Waals surface area contributed by atoms with Gasteiger partial charge in [0.05, 0.1) is 5.60 Å². The smallest absolute Gasteiger partial charge is 0.313 e. The normalized spacial score (nSPS) is 21.5. The van der Waals surface area contributed by atoms with E-state index in [1.54, 1.807) is 17.0 Å². The molecule has 0 amide bonds. The number of ether oxygens (including phenoxy) is 2. The maximum Gasteiger partial charge on any atom is 0.313 e. The van der Waals surface area contributed by atoms with Crippen molar-refractivity contribution in [2.75, 3.05) is 19.7 Å². The van der Waals surface area contributed by atoms with E-state index in [4.69, 9.17) is 9.47 Å². The second-order valence-corrected chi connectivity index (χ2v) is 6.53. The molecule has 0 spiro atoms. The van der Waals surface area contributed by atoms with Gasteiger partial charge in [0.2, 0.25) is 0 Å². The number of nitrogens with zero attached hydrogens (tertiary/aromatic N) is 2. The lowest BCUT2D eigenvalue weighted by atomic mass is 10.1. The molecule has 1 unspecified atom stereocenters. The van der Waals surface area contributed by atoms with Crippen LogP contribution in [0.4, 0.5) is 0 Å². The largest absolute Gasteiger partial charge is 0.471 e. The fourth-order valence-electron chi connectivity index (χ4n) is 2.40. The molecule has 6 heteroatoms. The molecule has 0 aromatic carbocycles. The van der Waals surface area contributed by atoms with Crippen molar-refractivity contribution in [3.8, 4) is 5.88 Å². The van der Waals surface area contributed by atoms with Gasteiger partial charge in [-0.15, -0.1) is 0 Å². The highest BCUT2D eigenvalue weighted by Gasteiger charge is 2.28. The Labute approximate surface area is 125 Å². The van der Waals surface area contributed by atoms with Crippen LogP contribution in [0.5, 0.6) is 5.88 Å². The third-order valence-corrected chi connectivity index (χ3v) is 3.26. The first-order chi connectivity index (χ1) is 9.87. The van der Waals surface area contributed by atoms with E-state index in [-0.39, 0.29) is 23.1 Å². The summed E-state index contributed by atoms with van der Waals surface area (Å²) in [7, 11) is 0. The first-order valence-electron chi connectivity index (χ1n) is 7.44. The number of morpholine rings is 1. The van der Waals surface area contributed by atoms with Gasteiger partial charge in [0.15, 0.2) is 0 Å². The van der Waals surface area contributed by atoms with Gasteiger partial charge in [0, 0.05) is 32.0 Å². The minimum atomic E-state index is -0.214. The quantitative estimate of drug-likeness (QED) is 0.879. The summed E-state index contributed by atoms with van der Waals surface area (Å²) in [4.78, 5) is 16.3. The van der Waals surface area contributed by atoms with E-state index in [0.717, 1.165) is 13.1 Å². The van der Waals surface area contributed by atoms with E-state index >= 15 is 0 Å². The average molecular weight is 295 g/mol. The van der Waals surface area contributed by atoms with Gasteiger partial charge in [-0.2, -0.15) is 0 Å². The van der Waals surface area contributed by atoms with Crippen molar-refractivity contribution in [1.29, 1.82) is 0 Å². The molecule has 21 heavy (non-hydrogen) atoms. The van der Waals surface area contributed by atoms with Crippen molar-refractivity contribution in [2.45, 2.75) is 45.9 Å². The van der Waals surface area contributed by atoms with Crippen molar-refractivity contribution >= 4 is 0 Å². The third kappa shape index (κ3) is 4.54. The van der Waals surface area contributed by atoms with Gasteiger partial charge in [-0.25, -0.2) is 4.98 Å². The van der Waals surface area contributed by atoms with E-state index in [1.165, 1.54) is 0 Å². The Morgan fingerprint density at radius 2 is 2.33 bits per heavy atom. The highest BCUT2D eigenvalue weighted by molar-refractivity contribution is 5.04. The van der Waals surface area contributed by atoms with Crippen LogP contribution in [0, 0.1) is 5.92 Å². The number of hydrogen-bond acceptors (Lipinski definition) is 5. The Bertz CT molecular complexity index is 525. The zero-order valence-corrected chi connectivity index (χ0v) is 13.3. The predicted molar refractivity (Wildman–Crippen MR) is 80.7 cm³/mol. The molecule has 6 nitrogen and oxygen atoms in total. The van der Waals surface area contributed by atoms with Gasteiger partial charge in [-0.1, -0.05) is 13.8 Å². The van der Waals surface area contributed by atoms with Gasteiger partial charge in [0.25, 0.3) is 5.88 Å². The zero-order chi connectivity index (χ0) is 15.5. The van der Waals surface area contributed by atoms with Crippen molar-refractivity contribution in [3.63, 3.8) is 0 Å². The lowest BCUT2D eigenvalue weighted by Crippen LogP contribution is -2.52. The average Bonchev–Trinajstić information content (AvgIpc) is 2.38. The first-order valence-corrected chi connectivity index (χ1v) is 7.44. The highest BCUT2D eigenvalue weighted by atomic mass is 16.6. The molecule has 1 atom stereocenters. The lowest BCUT2D eigenvalue weighted by Gasteiger charge is -2.36. The molecule has 1 aliphatic rings. The van der Waals surface area contributed by atoms with Crippen molar-refractivity contribution in [2.24, 2.45) is 5.92 Å². The second-order valence-electron chi connectivity index (χ2n) is 6.53. The Morgan fingerprint density at radius 3 is 3.00 bits per heavy atom. The van der Waals surface area contributed by atoms with E-state index in [2.05, 4.69) is 24.1 Å². The number of nitrogens with one attached hydrogen (secondary N) is 1. The fraction of sp³-hybridized carbons (Fsp3) is 0.733. The van der Waals surface area contributed by atoms with Gasteiger partial charge in [0.1, 0.15) is 12.7 Å². The van der Waals surface area contributed by atoms with Crippen LogP contribution in [-0.2, 0) is 11.3 Å². The maximum absolute atomic E-state index is 12.2. The molecule has 0 radical (unpaired) electrons. The molecule has 0 aliphatic carbocycles. The van der Waals surface area contributed by atoms with Crippen LogP contribution in [0.25, 0.3) is 0 Å². The molecule has 1 aromatic rings. The van der Waals surface area contributed by atoms with Gasteiger partial charge in [-0.05, 0) is 19.8 Å². The summed E-state index contributed by atoms with van der Waals surface area (Å²) in [5.74, 6) is 0.537. The Balaban J connectivity index is 1.99. The molecule has 2 rings (SSSR count). The summed E-state index contributed by atoms with van der Waals surface area (Å²) in [6.45, 7) is 10.7. The summed E-state index contributed by atoms with van der Waals surface area (Å²) >= 11 is 0. The summed E-state index contributed by atoms with van der Waals surface area (Å²) in [5, 5.41) is 3.30. The minimum absolute atomic E-state index is 0.0753. The Hall–Kier alpha value is -1.40. The molecule has 2 heterocycles. The molecule has 1 fully saturated rings. The summed E-state index contributed by atoms with van der Waals surface area (Å²) in [6, 6.07) is 0. The van der Waals surface area contributed by atoms with Crippen LogP contribution in [0.2, 0.25) is 0 Å². The second kappa shape index (κ2) is 6.58. The molecule has 1 aliphatic heterocycles. The van der Waals surface area contributed by atoms with E-state index in [0.29, 0.717) is 19.1 Å². The Kier molecular flexibility index (Phi) is 5.00. The van der Waals surface area contributed by atoms with E-state index in [1.807, 2.05) is 13.8 Å². The van der Waals surface area contributed by atoms with E-state index in [9.17, 15) is 4.79 Å². The molecule has 1 saturated heterocycles. The number of hydrogen-bond donors (Lipinski definition) is 1. The topological polar surface area (TPSA) is 65.4 Å². The summed E-state index contributed by atoms with van der Waals surface area (Å²) in [5.41, 5.74) is -0.400. The molecule has 1 aromatic heterocycles. The van der Waals surface area contributed by atoms with Crippen molar-refractivity contribution in [1.82, 2.24) is 14.9 Å². The van der Waals surface area contributed by atoms with Crippen molar-refractivity contribution < 1.29 is 9.47 Å². The molecular formula is C15H25N3O3.